The number of nitrogens with one attached hydrogen (secondary N) is 1. The largest absolute Gasteiger partial charge is 0.424 e. The molecule has 0 spiro atoms. The Morgan fingerprint density at radius 2 is 2.08 bits per heavy atom. The zero-order valence-electron chi connectivity index (χ0n) is 13.1. The molecular formula is C19H17N3OS. The van der Waals surface area contributed by atoms with Crippen LogP contribution in [0, 0.1) is 11.3 Å². The van der Waals surface area contributed by atoms with Gasteiger partial charge in [-0.2, -0.15) is 5.26 Å². The average molecular weight is 335 g/mol. The lowest BCUT2D eigenvalue weighted by Gasteiger charge is -2.01. The Kier molecular flexibility index (Phi) is 4.06. The van der Waals surface area contributed by atoms with Gasteiger partial charge in [-0.25, -0.2) is 4.98 Å². The van der Waals surface area contributed by atoms with Gasteiger partial charge in [-0.1, -0.05) is 36.4 Å². The first-order valence-corrected chi connectivity index (χ1v) is 8.95. The van der Waals surface area contributed by atoms with Gasteiger partial charge < -0.3 is 9.73 Å². The van der Waals surface area contributed by atoms with E-state index in [-0.39, 0.29) is 5.92 Å². The monoisotopic (exact) mass is 335 g/mol. The van der Waals surface area contributed by atoms with Crippen molar-refractivity contribution in [3.8, 4) is 6.07 Å². The number of benzene rings is 1. The summed E-state index contributed by atoms with van der Waals surface area (Å²) in [5, 5.41) is 14.6. The number of hydrogen-bond donors (Lipinski definition) is 1. The van der Waals surface area contributed by atoms with Crippen molar-refractivity contribution < 1.29 is 4.42 Å². The molecule has 0 radical (unpaired) electrons. The number of nitrogens with zero attached hydrogens (tertiary/aromatic N) is 2. The second-order valence-corrected chi connectivity index (χ2v) is 6.99. The van der Waals surface area contributed by atoms with Gasteiger partial charge in [0, 0.05) is 17.3 Å². The Bertz CT molecular complexity index is 849. The maximum Gasteiger partial charge on any atom is 0.232 e. The summed E-state index contributed by atoms with van der Waals surface area (Å²) in [6.07, 6.45) is 1.94. The Balaban J connectivity index is 1.43. The van der Waals surface area contributed by atoms with Crippen LogP contribution >= 0.6 is 11.3 Å². The molecule has 0 aliphatic heterocycles. The summed E-state index contributed by atoms with van der Waals surface area (Å²) >= 11 is 1.73. The minimum Gasteiger partial charge on any atom is -0.424 e. The van der Waals surface area contributed by atoms with Gasteiger partial charge in [-0.05, 0) is 35.8 Å². The highest BCUT2D eigenvalue weighted by Crippen LogP contribution is 2.54. The third kappa shape index (κ3) is 3.06. The molecule has 0 amide bonds. The lowest BCUT2D eigenvalue weighted by molar-refractivity contribution is 0.505. The van der Waals surface area contributed by atoms with Crippen molar-refractivity contribution in [3.05, 3.63) is 69.9 Å². The molecule has 24 heavy (non-hydrogen) atoms. The van der Waals surface area contributed by atoms with Crippen molar-refractivity contribution in [3.63, 3.8) is 0 Å². The molecule has 0 saturated heterocycles. The molecule has 1 saturated carbocycles. The summed E-state index contributed by atoms with van der Waals surface area (Å²) in [7, 11) is 0. The van der Waals surface area contributed by atoms with E-state index in [2.05, 4.69) is 52.1 Å². The van der Waals surface area contributed by atoms with E-state index >= 15 is 0 Å². The SMILES string of the molecule is N#Cc1nc([C@H]2C[C@H]2c2ccccc2)oc1NCCc1cccs1. The van der Waals surface area contributed by atoms with Crippen molar-refractivity contribution in [1.82, 2.24) is 4.98 Å². The van der Waals surface area contributed by atoms with Gasteiger partial charge in [0.25, 0.3) is 0 Å². The first-order chi connectivity index (χ1) is 11.8. The van der Waals surface area contributed by atoms with Gasteiger partial charge in [0.2, 0.25) is 17.5 Å². The summed E-state index contributed by atoms with van der Waals surface area (Å²) in [6, 6.07) is 16.7. The van der Waals surface area contributed by atoms with Crippen LogP contribution in [-0.4, -0.2) is 11.5 Å². The molecule has 2 aromatic heterocycles. The van der Waals surface area contributed by atoms with Crippen LogP contribution in [0.5, 0.6) is 0 Å². The maximum absolute atomic E-state index is 9.29. The van der Waals surface area contributed by atoms with E-state index in [0.29, 0.717) is 23.4 Å². The highest BCUT2D eigenvalue weighted by Gasteiger charge is 2.43. The molecule has 2 atom stereocenters. The first kappa shape index (κ1) is 15.0. The van der Waals surface area contributed by atoms with Gasteiger partial charge in [-0.3, -0.25) is 0 Å². The van der Waals surface area contributed by atoms with Crippen LogP contribution in [0.15, 0.2) is 52.3 Å². The first-order valence-electron chi connectivity index (χ1n) is 8.07. The molecule has 1 aliphatic carbocycles. The van der Waals surface area contributed by atoms with Crippen molar-refractivity contribution in [2.45, 2.75) is 24.7 Å². The number of anilines is 1. The lowest BCUT2D eigenvalue weighted by atomic mass is 10.1. The molecule has 3 aromatic rings. The molecule has 1 N–H and O–H groups in total. The van der Waals surface area contributed by atoms with Gasteiger partial charge >= 0.3 is 0 Å². The van der Waals surface area contributed by atoms with Crippen LogP contribution in [0.4, 0.5) is 5.88 Å². The summed E-state index contributed by atoms with van der Waals surface area (Å²) in [5.74, 6) is 1.92. The minimum atomic E-state index is 0.285. The van der Waals surface area contributed by atoms with Gasteiger partial charge in [-0.15, -0.1) is 11.3 Å². The molecule has 1 aliphatic rings. The van der Waals surface area contributed by atoms with Crippen LogP contribution in [0.25, 0.3) is 0 Å². The maximum atomic E-state index is 9.29. The fourth-order valence-corrected chi connectivity index (χ4v) is 3.69. The van der Waals surface area contributed by atoms with Crippen molar-refractivity contribution >= 4 is 17.2 Å². The topological polar surface area (TPSA) is 61.9 Å². The molecule has 1 fully saturated rings. The van der Waals surface area contributed by atoms with Crippen molar-refractivity contribution in [1.29, 1.82) is 5.26 Å². The van der Waals surface area contributed by atoms with Gasteiger partial charge in [0.05, 0.1) is 0 Å². The van der Waals surface area contributed by atoms with Crippen LogP contribution in [-0.2, 0) is 6.42 Å². The summed E-state index contributed by atoms with van der Waals surface area (Å²) in [4.78, 5) is 5.71. The standard InChI is InChI=1S/C19H17N3OS/c20-12-17-19(21-9-8-14-7-4-10-24-14)23-18(22-17)16-11-15(16)13-5-2-1-3-6-13/h1-7,10,15-16,21H,8-9,11H2/t15-,16-/m0/s1. The van der Waals surface area contributed by atoms with E-state index in [9.17, 15) is 5.26 Å². The second kappa shape index (κ2) is 6.50. The third-order valence-corrected chi connectivity index (χ3v) is 5.26. The van der Waals surface area contributed by atoms with E-state index in [1.807, 2.05) is 12.1 Å². The number of thiophene rings is 1. The van der Waals surface area contributed by atoms with Crippen LogP contribution in [0.1, 0.15) is 40.3 Å². The smallest absolute Gasteiger partial charge is 0.232 e. The highest BCUT2D eigenvalue weighted by atomic mass is 32.1. The Morgan fingerprint density at radius 1 is 1.21 bits per heavy atom. The molecule has 4 nitrogen and oxygen atoms in total. The number of oxazole rings is 1. The summed E-state index contributed by atoms with van der Waals surface area (Å²) in [6.45, 7) is 0.733. The predicted molar refractivity (Wildman–Crippen MR) is 94.3 cm³/mol. The molecule has 4 rings (SSSR count). The fourth-order valence-electron chi connectivity index (χ4n) is 2.98. The number of rotatable bonds is 6. The fraction of sp³-hybridized carbons (Fsp3) is 0.263. The van der Waals surface area contributed by atoms with Crippen LogP contribution < -0.4 is 5.32 Å². The number of hydrogen-bond acceptors (Lipinski definition) is 5. The molecule has 1 aromatic carbocycles. The van der Waals surface area contributed by atoms with Crippen molar-refractivity contribution in [2.75, 3.05) is 11.9 Å². The van der Waals surface area contributed by atoms with E-state index in [1.165, 1.54) is 10.4 Å². The van der Waals surface area contributed by atoms with E-state index in [4.69, 9.17) is 4.42 Å². The second-order valence-electron chi connectivity index (χ2n) is 5.96. The minimum absolute atomic E-state index is 0.285. The van der Waals surface area contributed by atoms with E-state index in [0.717, 1.165) is 19.4 Å². The zero-order chi connectivity index (χ0) is 16.4. The molecule has 2 heterocycles. The molecule has 0 unspecified atom stereocenters. The third-order valence-electron chi connectivity index (χ3n) is 4.32. The normalized spacial score (nSPS) is 19.0. The molecular weight excluding hydrogens is 318 g/mol. The molecule has 0 bridgehead atoms. The Labute approximate surface area is 144 Å². The molecule has 5 heteroatoms. The van der Waals surface area contributed by atoms with Crippen LogP contribution in [0.2, 0.25) is 0 Å². The van der Waals surface area contributed by atoms with Gasteiger partial charge in [0.1, 0.15) is 6.07 Å². The van der Waals surface area contributed by atoms with E-state index < -0.39 is 0 Å². The highest BCUT2D eigenvalue weighted by molar-refractivity contribution is 7.09. The predicted octanol–water partition coefficient (Wildman–Crippen LogP) is 4.53. The summed E-state index contributed by atoms with van der Waals surface area (Å²) < 4.78 is 5.86. The number of nitriles is 1. The molecule has 120 valence electrons. The van der Waals surface area contributed by atoms with E-state index in [1.54, 1.807) is 11.3 Å². The Morgan fingerprint density at radius 3 is 2.83 bits per heavy atom. The number of aromatic nitrogens is 1. The average Bonchev–Trinajstić information content (AvgIpc) is 3.05. The lowest BCUT2D eigenvalue weighted by Crippen LogP contribution is -2.04. The van der Waals surface area contributed by atoms with Crippen LogP contribution in [0.3, 0.4) is 0 Å². The quantitative estimate of drug-likeness (QED) is 0.719. The van der Waals surface area contributed by atoms with Crippen molar-refractivity contribution in [2.24, 2.45) is 0 Å². The summed E-state index contributed by atoms with van der Waals surface area (Å²) in [5.41, 5.74) is 1.67. The van der Waals surface area contributed by atoms with Gasteiger partial charge in [0.15, 0.2) is 0 Å². The Hall–Kier alpha value is -2.58. The zero-order valence-corrected chi connectivity index (χ0v) is 13.9.